The van der Waals surface area contributed by atoms with Gasteiger partial charge in [0.1, 0.15) is 0 Å². The summed E-state index contributed by atoms with van der Waals surface area (Å²) in [6, 6.07) is 20.8. The number of nitrogens with zero attached hydrogens (tertiary/aromatic N) is 2. The highest BCUT2D eigenvalue weighted by Crippen LogP contribution is 2.41. The van der Waals surface area contributed by atoms with E-state index in [-0.39, 0.29) is 5.56 Å². The largest absolute Gasteiger partial charge is 0.478 e. The average Bonchev–Trinajstić information content (AvgIpc) is 2.99. The summed E-state index contributed by atoms with van der Waals surface area (Å²) in [7, 11) is 0. The van der Waals surface area contributed by atoms with Crippen molar-refractivity contribution >= 4 is 17.3 Å². The zero-order valence-electron chi connectivity index (χ0n) is 12.8. The van der Waals surface area contributed by atoms with E-state index in [2.05, 4.69) is 28.4 Å². The van der Waals surface area contributed by atoms with Crippen LogP contribution in [0.2, 0.25) is 0 Å². The molecule has 0 heterocycles. The van der Waals surface area contributed by atoms with Crippen LogP contribution < -0.4 is 0 Å². The number of azo groups is 1. The number of aromatic carboxylic acids is 1. The van der Waals surface area contributed by atoms with Gasteiger partial charge in [0, 0.05) is 6.42 Å². The monoisotopic (exact) mass is 314 g/mol. The highest BCUT2D eigenvalue weighted by Gasteiger charge is 2.20. The molecule has 0 saturated heterocycles. The fourth-order valence-electron chi connectivity index (χ4n) is 3.05. The van der Waals surface area contributed by atoms with E-state index < -0.39 is 5.97 Å². The first-order valence-corrected chi connectivity index (χ1v) is 7.67. The van der Waals surface area contributed by atoms with E-state index in [9.17, 15) is 4.79 Å². The molecule has 0 spiro atoms. The molecule has 1 aliphatic carbocycles. The summed E-state index contributed by atoms with van der Waals surface area (Å²) in [4.78, 5) is 11.0. The third-order valence-electron chi connectivity index (χ3n) is 4.19. The maximum atomic E-state index is 11.0. The Morgan fingerprint density at radius 2 is 1.67 bits per heavy atom. The van der Waals surface area contributed by atoms with Gasteiger partial charge in [0.25, 0.3) is 0 Å². The molecule has 0 saturated carbocycles. The Bertz CT molecular complexity index is 977. The molecule has 3 aromatic carbocycles. The molecular formula is C20H14N2O2. The average molecular weight is 314 g/mol. The molecule has 3 aromatic rings. The SMILES string of the molecule is O=C(O)c1cccc(N=Nc2cccc3c2Cc2ccccc2-3)c1. The second kappa shape index (κ2) is 5.74. The smallest absolute Gasteiger partial charge is 0.335 e. The van der Waals surface area contributed by atoms with Gasteiger partial charge in [-0.1, -0.05) is 42.5 Å². The molecule has 0 bridgehead atoms. The Labute approximate surface area is 139 Å². The number of fused-ring (bicyclic) bond motifs is 3. The fourth-order valence-corrected chi connectivity index (χ4v) is 3.05. The number of rotatable bonds is 3. The van der Waals surface area contributed by atoms with Crippen molar-refractivity contribution in [2.24, 2.45) is 10.2 Å². The molecule has 4 nitrogen and oxygen atoms in total. The second-order valence-corrected chi connectivity index (χ2v) is 5.69. The Morgan fingerprint density at radius 1 is 0.875 bits per heavy atom. The molecule has 0 radical (unpaired) electrons. The minimum absolute atomic E-state index is 0.206. The van der Waals surface area contributed by atoms with Crippen molar-refractivity contribution in [2.45, 2.75) is 6.42 Å². The van der Waals surface area contributed by atoms with Crippen LogP contribution in [0, 0.1) is 0 Å². The first kappa shape index (κ1) is 14.3. The molecule has 1 aliphatic rings. The lowest BCUT2D eigenvalue weighted by atomic mass is 10.1. The van der Waals surface area contributed by atoms with Crippen molar-refractivity contribution in [2.75, 3.05) is 0 Å². The highest BCUT2D eigenvalue weighted by molar-refractivity contribution is 5.88. The van der Waals surface area contributed by atoms with E-state index in [1.165, 1.54) is 28.8 Å². The molecule has 4 heteroatoms. The maximum absolute atomic E-state index is 11.0. The Balaban J connectivity index is 1.70. The van der Waals surface area contributed by atoms with Gasteiger partial charge in [-0.05, 0) is 46.5 Å². The molecule has 1 N–H and O–H groups in total. The third kappa shape index (κ3) is 2.48. The second-order valence-electron chi connectivity index (χ2n) is 5.69. The molecule has 0 unspecified atom stereocenters. The van der Waals surface area contributed by atoms with E-state index in [0.29, 0.717) is 5.69 Å². The molecule has 0 atom stereocenters. The van der Waals surface area contributed by atoms with E-state index in [4.69, 9.17) is 5.11 Å². The van der Waals surface area contributed by atoms with Crippen molar-refractivity contribution < 1.29 is 9.90 Å². The molecule has 0 aliphatic heterocycles. The van der Waals surface area contributed by atoms with Gasteiger partial charge in [0.15, 0.2) is 0 Å². The minimum atomic E-state index is -0.969. The minimum Gasteiger partial charge on any atom is -0.478 e. The van der Waals surface area contributed by atoms with Crippen LogP contribution in [0.15, 0.2) is 77.0 Å². The standard InChI is InChI=1S/C20H14N2O2/c23-20(24)14-6-3-7-15(11-14)21-22-19-10-4-9-17-16-8-2-1-5-13(16)12-18(17)19/h1-11H,12H2,(H,23,24). The van der Waals surface area contributed by atoms with Gasteiger partial charge in [0.05, 0.1) is 16.9 Å². The molecule has 4 rings (SSSR count). The molecule has 0 amide bonds. The van der Waals surface area contributed by atoms with Gasteiger partial charge >= 0.3 is 5.97 Å². The molecule has 24 heavy (non-hydrogen) atoms. The summed E-state index contributed by atoms with van der Waals surface area (Å²) in [5.74, 6) is -0.969. The van der Waals surface area contributed by atoms with Crippen LogP contribution in [0.5, 0.6) is 0 Å². The van der Waals surface area contributed by atoms with Gasteiger partial charge in [-0.2, -0.15) is 10.2 Å². The number of hydrogen-bond donors (Lipinski definition) is 1. The van der Waals surface area contributed by atoms with Crippen LogP contribution in [-0.2, 0) is 6.42 Å². The first-order chi connectivity index (χ1) is 11.7. The van der Waals surface area contributed by atoms with Crippen molar-refractivity contribution in [3.63, 3.8) is 0 Å². The molecule has 0 aromatic heterocycles. The van der Waals surface area contributed by atoms with Crippen LogP contribution in [0.25, 0.3) is 11.1 Å². The summed E-state index contributed by atoms with van der Waals surface area (Å²) >= 11 is 0. The molecule has 116 valence electrons. The van der Waals surface area contributed by atoms with E-state index in [0.717, 1.165) is 17.7 Å². The van der Waals surface area contributed by atoms with Gasteiger partial charge in [-0.15, -0.1) is 0 Å². The van der Waals surface area contributed by atoms with E-state index in [1.54, 1.807) is 12.1 Å². The van der Waals surface area contributed by atoms with Gasteiger partial charge in [0.2, 0.25) is 0 Å². The van der Waals surface area contributed by atoms with Crippen LogP contribution >= 0.6 is 0 Å². The Hall–Kier alpha value is -3.27. The predicted octanol–water partition coefficient (Wildman–Crippen LogP) is 5.37. The summed E-state index contributed by atoms with van der Waals surface area (Å²) in [5, 5.41) is 17.6. The van der Waals surface area contributed by atoms with E-state index in [1.807, 2.05) is 24.3 Å². The van der Waals surface area contributed by atoms with Crippen molar-refractivity contribution in [3.05, 3.63) is 83.4 Å². The zero-order valence-corrected chi connectivity index (χ0v) is 12.8. The number of carboxylic acid groups (broad SMARTS) is 1. The van der Waals surface area contributed by atoms with Crippen molar-refractivity contribution in [1.82, 2.24) is 0 Å². The topological polar surface area (TPSA) is 62.0 Å². The number of hydrogen-bond acceptors (Lipinski definition) is 3. The Morgan fingerprint density at radius 3 is 2.54 bits per heavy atom. The molecular weight excluding hydrogens is 300 g/mol. The van der Waals surface area contributed by atoms with Gasteiger partial charge in [-0.3, -0.25) is 0 Å². The van der Waals surface area contributed by atoms with E-state index >= 15 is 0 Å². The lowest BCUT2D eigenvalue weighted by molar-refractivity contribution is 0.0697. The lowest BCUT2D eigenvalue weighted by Gasteiger charge is -2.03. The van der Waals surface area contributed by atoms with Gasteiger partial charge < -0.3 is 5.11 Å². The molecule has 0 fully saturated rings. The zero-order chi connectivity index (χ0) is 16.5. The summed E-state index contributed by atoms with van der Waals surface area (Å²) in [6.45, 7) is 0. The lowest BCUT2D eigenvalue weighted by Crippen LogP contribution is -1.94. The normalized spacial score (nSPS) is 12.2. The fraction of sp³-hybridized carbons (Fsp3) is 0.0500. The summed E-state index contributed by atoms with van der Waals surface area (Å²) < 4.78 is 0. The van der Waals surface area contributed by atoms with Crippen molar-refractivity contribution in [3.8, 4) is 11.1 Å². The summed E-state index contributed by atoms with van der Waals surface area (Å²) in [6.07, 6.45) is 0.843. The van der Waals surface area contributed by atoms with Crippen LogP contribution in [-0.4, -0.2) is 11.1 Å². The number of carbonyl (C=O) groups is 1. The predicted molar refractivity (Wildman–Crippen MR) is 92.3 cm³/mol. The number of benzene rings is 3. The van der Waals surface area contributed by atoms with Crippen LogP contribution in [0.1, 0.15) is 21.5 Å². The maximum Gasteiger partial charge on any atom is 0.335 e. The van der Waals surface area contributed by atoms with Crippen molar-refractivity contribution in [1.29, 1.82) is 0 Å². The third-order valence-corrected chi connectivity index (χ3v) is 4.19. The van der Waals surface area contributed by atoms with Gasteiger partial charge in [-0.25, -0.2) is 4.79 Å². The Kier molecular flexibility index (Phi) is 3.43. The van der Waals surface area contributed by atoms with Crippen LogP contribution in [0.3, 0.4) is 0 Å². The quantitative estimate of drug-likeness (QED) is 0.517. The number of carboxylic acids is 1. The highest BCUT2D eigenvalue weighted by atomic mass is 16.4. The first-order valence-electron chi connectivity index (χ1n) is 7.67. The summed E-state index contributed by atoms with van der Waals surface area (Å²) in [5.41, 5.74) is 6.46. The van der Waals surface area contributed by atoms with Crippen LogP contribution in [0.4, 0.5) is 11.4 Å².